The topological polar surface area (TPSA) is 45.1 Å². The Morgan fingerprint density at radius 2 is 1.70 bits per heavy atom. The fraction of sp³-hybridized carbons (Fsp3) is 0.211. The largest absolute Gasteiger partial charge is 0.396 e. The van der Waals surface area contributed by atoms with Crippen molar-refractivity contribution < 1.29 is 5.11 Å². The average molecular weight is 324 g/mol. The summed E-state index contributed by atoms with van der Waals surface area (Å²) in [6.07, 6.45) is 0.695. The third-order valence-corrected chi connectivity index (χ3v) is 4.59. The van der Waals surface area contributed by atoms with Gasteiger partial charge in [-0.2, -0.15) is 0 Å². The van der Waals surface area contributed by atoms with E-state index >= 15 is 0 Å². The van der Waals surface area contributed by atoms with Crippen LogP contribution in [-0.4, -0.2) is 16.7 Å². The van der Waals surface area contributed by atoms with Crippen molar-refractivity contribution in [2.45, 2.75) is 19.0 Å². The summed E-state index contributed by atoms with van der Waals surface area (Å²) < 4.78 is 0. The van der Waals surface area contributed by atoms with E-state index in [1.807, 2.05) is 36.4 Å². The highest BCUT2D eigenvalue weighted by Gasteiger charge is 2.11. The molecule has 3 rings (SSSR count). The van der Waals surface area contributed by atoms with Gasteiger partial charge in [-0.25, -0.2) is 4.98 Å². The molecule has 4 heteroatoms. The highest BCUT2D eigenvalue weighted by Crippen LogP contribution is 2.22. The monoisotopic (exact) mass is 324 g/mol. The molecule has 23 heavy (non-hydrogen) atoms. The van der Waals surface area contributed by atoms with Crippen LogP contribution in [0.2, 0.25) is 0 Å². The lowest BCUT2D eigenvalue weighted by molar-refractivity contribution is 0.265. The molecule has 3 nitrogen and oxygen atoms in total. The molecule has 2 aromatic carbocycles. The third-order valence-electron chi connectivity index (χ3n) is 3.74. The Labute approximate surface area is 140 Å². The molecule has 1 heterocycles. The van der Waals surface area contributed by atoms with Crippen molar-refractivity contribution in [2.24, 2.45) is 0 Å². The van der Waals surface area contributed by atoms with Crippen LogP contribution in [0.15, 0.2) is 66.0 Å². The zero-order valence-corrected chi connectivity index (χ0v) is 13.7. The second-order valence-electron chi connectivity index (χ2n) is 5.35. The van der Waals surface area contributed by atoms with Gasteiger partial charge in [-0.3, -0.25) is 0 Å². The van der Waals surface area contributed by atoms with Crippen LogP contribution in [-0.2, 0) is 6.54 Å². The van der Waals surface area contributed by atoms with Crippen LogP contribution in [0.25, 0.3) is 11.3 Å². The molecular formula is C19H20N2OS. The van der Waals surface area contributed by atoms with E-state index in [4.69, 9.17) is 4.98 Å². The van der Waals surface area contributed by atoms with Crippen LogP contribution in [0.3, 0.4) is 0 Å². The van der Waals surface area contributed by atoms with E-state index in [-0.39, 0.29) is 12.6 Å². The molecule has 3 aromatic rings. The predicted molar refractivity (Wildman–Crippen MR) is 95.3 cm³/mol. The van der Waals surface area contributed by atoms with E-state index in [0.717, 1.165) is 16.3 Å². The molecule has 0 spiro atoms. The van der Waals surface area contributed by atoms with Gasteiger partial charge in [-0.05, 0) is 12.0 Å². The lowest BCUT2D eigenvalue weighted by Gasteiger charge is -2.17. The van der Waals surface area contributed by atoms with Crippen LogP contribution in [0.1, 0.15) is 23.0 Å². The summed E-state index contributed by atoms with van der Waals surface area (Å²) in [6.45, 7) is 0.872. The highest BCUT2D eigenvalue weighted by molar-refractivity contribution is 7.09. The molecule has 0 amide bonds. The maximum Gasteiger partial charge on any atom is 0.107 e. The third kappa shape index (κ3) is 4.26. The van der Waals surface area contributed by atoms with E-state index in [1.165, 1.54) is 5.56 Å². The number of thiazole rings is 1. The zero-order chi connectivity index (χ0) is 15.9. The second kappa shape index (κ2) is 8.02. The van der Waals surface area contributed by atoms with E-state index in [9.17, 15) is 5.11 Å². The summed E-state index contributed by atoms with van der Waals surface area (Å²) in [6, 6.07) is 20.6. The first kappa shape index (κ1) is 15.9. The van der Waals surface area contributed by atoms with Gasteiger partial charge in [0.05, 0.1) is 5.69 Å². The molecule has 0 radical (unpaired) electrons. The maximum atomic E-state index is 9.29. The number of aliphatic hydroxyl groups excluding tert-OH is 1. The number of benzene rings is 2. The van der Waals surface area contributed by atoms with Crippen molar-refractivity contribution in [1.82, 2.24) is 10.3 Å². The smallest absolute Gasteiger partial charge is 0.107 e. The number of rotatable bonds is 7. The first-order valence-corrected chi connectivity index (χ1v) is 8.64. The lowest BCUT2D eigenvalue weighted by atomic mass is 10.0. The van der Waals surface area contributed by atoms with Gasteiger partial charge in [0.2, 0.25) is 0 Å². The molecule has 1 atom stereocenters. The summed E-state index contributed by atoms with van der Waals surface area (Å²) in [5.74, 6) is 0. The number of hydrogen-bond donors (Lipinski definition) is 2. The van der Waals surface area contributed by atoms with Crippen LogP contribution >= 0.6 is 11.3 Å². The molecule has 0 bridgehead atoms. The van der Waals surface area contributed by atoms with Crippen LogP contribution in [0, 0.1) is 0 Å². The Hall–Kier alpha value is -2.01. The molecule has 0 aliphatic rings. The molecule has 118 valence electrons. The number of aromatic nitrogens is 1. The molecule has 0 fully saturated rings. The van der Waals surface area contributed by atoms with E-state index in [0.29, 0.717) is 13.0 Å². The van der Waals surface area contributed by atoms with Crippen LogP contribution in [0.4, 0.5) is 0 Å². The fourth-order valence-electron chi connectivity index (χ4n) is 2.55. The van der Waals surface area contributed by atoms with E-state index in [1.54, 1.807) is 11.3 Å². The van der Waals surface area contributed by atoms with E-state index < -0.39 is 0 Å². The first-order valence-electron chi connectivity index (χ1n) is 7.76. The normalized spacial score (nSPS) is 12.2. The van der Waals surface area contributed by atoms with Crippen LogP contribution < -0.4 is 5.32 Å². The Kier molecular flexibility index (Phi) is 5.53. The number of nitrogens with one attached hydrogen (secondary N) is 1. The van der Waals surface area contributed by atoms with Gasteiger partial charge >= 0.3 is 0 Å². The first-order chi connectivity index (χ1) is 11.4. The van der Waals surface area contributed by atoms with Crippen molar-refractivity contribution in [2.75, 3.05) is 6.61 Å². The Bertz CT molecular complexity index is 713. The minimum Gasteiger partial charge on any atom is -0.396 e. The fourth-order valence-corrected chi connectivity index (χ4v) is 3.30. The molecule has 0 saturated heterocycles. The van der Waals surface area contributed by atoms with E-state index in [2.05, 4.69) is 35.0 Å². The number of hydrogen-bond acceptors (Lipinski definition) is 4. The minimum absolute atomic E-state index is 0.144. The Morgan fingerprint density at radius 3 is 2.39 bits per heavy atom. The SMILES string of the molecule is OCC[C@@H](NCc1nc(-c2ccccc2)cs1)c1ccccc1. The molecule has 0 aliphatic carbocycles. The summed E-state index contributed by atoms with van der Waals surface area (Å²) in [7, 11) is 0. The average Bonchev–Trinajstić information content (AvgIpc) is 3.09. The summed E-state index contributed by atoms with van der Waals surface area (Å²) in [4.78, 5) is 4.70. The number of aliphatic hydroxyl groups is 1. The van der Waals surface area contributed by atoms with Crippen molar-refractivity contribution in [3.8, 4) is 11.3 Å². The van der Waals surface area contributed by atoms with Gasteiger partial charge < -0.3 is 10.4 Å². The quantitative estimate of drug-likeness (QED) is 0.690. The second-order valence-corrected chi connectivity index (χ2v) is 6.29. The van der Waals surface area contributed by atoms with Gasteiger partial charge in [0.1, 0.15) is 5.01 Å². The molecule has 0 unspecified atom stereocenters. The van der Waals surface area contributed by atoms with Crippen molar-refractivity contribution in [1.29, 1.82) is 0 Å². The summed E-state index contributed by atoms with van der Waals surface area (Å²) in [5, 5.41) is 16.0. The zero-order valence-electron chi connectivity index (χ0n) is 12.9. The van der Waals surface area contributed by atoms with Crippen LogP contribution in [0.5, 0.6) is 0 Å². The molecule has 0 aliphatic heterocycles. The highest BCUT2D eigenvalue weighted by atomic mass is 32.1. The standard InChI is InChI=1S/C19H20N2OS/c22-12-11-17(15-7-3-1-4-8-15)20-13-19-21-18(14-23-19)16-9-5-2-6-10-16/h1-10,14,17,20,22H,11-13H2/t17-/m1/s1. The van der Waals surface area contributed by atoms with Crippen molar-refractivity contribution >= 4 is 11.3 Å². The molecule has 1 aromatic heterocycles. The van der Waals surface area contributed by atoms with Gasteiger partial charge in [-0.1, -0.05) is 60.7 Å². The Balaban J connectivity index is 1.66. The summed E-state index contributed by atoms with van der Waals surface area (Å²) in [5.41, 5.74) is 3.36. The summed E-state index contributed by atoms with van der Waals surface area (Å²) >= 11 is 1.66. The van der Waals surface area contributed by atoms with Gasteiger partial charge in [-0.15, -0.1) is 11.3 Å². The molecular weight excluding hydrogens is 304 g/mol. The van der Waals surface area contributed by atoms with Gasteiger partial charge in [0.15, 0.2) is 0 Å². The van der Waals surface area contributed by atoms with Gasteiger partial charge in [0.25, 0.3) is 0 Å². The maximum absolute atomic E-state index is 9.29. The predicted octanol–water partition coefficient (Wildman–Crippen LogP) is 4.02. The molecule has 2 N–H and O–H groups in total. The van der Waals surface area contributed by atoms with Crippen molar-refractivity contribution in [3.63, 3.8) is 0 Å². The van der Waals surface area contributed by atoms with Crippen molar-refractivity contribution in [3.05, 3.63) is 76.6 Å². The minimum atomic E-state index is 0.144. The van der Waals surface area contributed by atoms with Gasteiger partial charge in [0, 0.05) is 30.1 Å². The lowest BCUT2D eigenvalue weighted by Crippen LogP contribution is -2.21. The Morgan fingerprint density at radius 1 is 1.00 bits per heavy atom. The molecule has 0 saturated carbocycles. The number of nitrogens with zero attached hydrogens (tertiary/aromatic N) is 1.